The average Bonchev–Trinajstić information content (AvgIpc) is 3.93. The molecule has 0 atom stereocenters. The van der Waals surface area contributed by atoms with Crippen LogP contribution < -0.4 is 31.0 Å². The molecule has 19 nitrogen and oxygen atoms in total. The number of anilines is 6. The van der Waals surface area contributed by atoms with E-state index in [0.717, 1.165) is 54.3 Å². The molecule has 0 unspecified atom stereocenters. The maximum Gasteiger partial charge on any atom is 0.232 e. The largest absolute Gasteiger partial charge is 0.396 e. The molecule has 0 saturated carbocycles. The number of hydrogen-bond donors (Lipinski definition) is 6. The molecule has 6 aromatic rings. The van der Waals surface area contributed by atoms with E-state index >= 15 is 0 Å². The van der Waals surface area contributed by atoms with Gasteiger partial charge in [0.05, 0.1) is 51.3 Å². The first-order valence-corrected chi connectivity index (χ1v) is 30.0. The Labute approximate surface area is 458 Å². The zero-order valence-electron chi connectivity index (χ0n) is 42.4. The predicted molar refractivity (Wildman–Crippen MR) is 289 cm³/mol. The quantitative estimate of drug-likeness (QED) is 0.0202. The van der Waals surface area contributed by atoms with E-state index in [-0.39, 0.29) is 65.9 Å². The Morgan fingerprint density at radius 1 is 0.544 bits per heavy atom. The first-order valence-electron chi connectivity index (χ1n) is 22.6. The molecule has 6 rings (SSSR count). The Bertz CT molecular complexity index is 3330. The lowest BCUT2D eigenvalue weighted by molar-refractivity contribution is 0.111. The summed E-state index contributed by atoms with van der Waals surface area (Å²) in [7, 11) is -9.26. The highest BCUT2D eigenvalue weighted by molar-refractivity contribution is 8.13. The fraction of sp³-hybridized carbons (Fsp3) is 0.340. The summed E-state index contributed by atoms with van der Waals surface area (Å²) in [4.78, 5) is 10.4. The normalized spacial score (nSPS) is 10.9. The molecular weight excluding hydrogens is 1170 g/mol. The van der Waals surface area contributed by atoms with Crippen LogP contribution >= 0.6 is 10.7 Å². The van der Waals surface area contributed by atoms with E-state index < -0.39 is 96.9 Å². The van der Waals surface area contributed by atoms with Gasteiger partial charge in [-0.25, -0.2) is 68.8 Å². The third-order valence-corrected chi connectivity index (χ3v) is 14.5. The molecule has 4 aromatic carbocycles. The summed E-state index contributed by atoms with van der Waals surface area (Å²) in [5, 5.41) is 9.79. The fourth-order valence-electron chi connectivity index (χ4n) is 5.39. The smallest absolute Gasteiger partial charge is 0.232 e. The van der Waals surface area contributed by atoms with E-state index in [1.807, 2.05) is 9.44 Å². The van der Waals surface area contributed by atoms with Crippen LogP contribution in [-0.4, -0.2) is 73.3 Å². The summed E-state index contributed by atoms with van der Waals surface area (Å²) in [6, 6.07) is 12.8. The monoisotopic (exact) mass is 1230 g/mol. The van der Waals surface area contributed by atoms with Crippen LogP contribution in [0.15, 0.2) is 81.8 Å². The lowest BCUT2D eigenvalue weighted by Gasteiger charge is -2.12. The van der Waals surface area contributed by atoms with Crippen molar-refractivity contribution in [2.75, 3.05) is 54.0 Å². The van der Waals surface area contributed by atoms with Gasteiger partial charge in [-0.1, -0.05) is 45.4 Å². The van der Waals surface area contributed by atoms with E-state index in [9.17, 15) is 73.6 Å². The molecule has 8 N–H and O–H groups in total. The van der Waals surface area contributed by atoms with Crippen molar-refractivity contribution in [1.29, 1.82) is 0 Å². The van der Waals surface area contributed by atoms with Gasteiger partial charge in [0.1, 0.15) is 46.4 Å². The van der Waals surface area contributed by atoms with Crippen LogP contribution in [0.4, 0.5) is 69.5 Å². The van der Waals surface area contributed by atoms with Gasteiger partial charge in [0.25, 0.3) is 0 Å². The Hall–Kier alpha value is -6.70. The highest BCUT2D eigenvalue weighted by Crippen LogP contribution is 2.24. The van der Waals surface area contributed by atoms with Crippen molar-refractivity contribution in [3.8, 4) is 0 Å². The van der Waals surface area contributed by atoms with Crippen molar-refractivity contribution in [3.05, 3.63) is 142 Å². The van der Waals surface area contributed by atoms with Gasteiger partial charge < -0.3 is 25.8 Å². The van der Waals surface area contributed by atoms with E-state index in [4.69, 9.17) is 26.7 Å². The second-order valence-electron chi connectivity index (χ2n) is 15.7. The molecule has 0 radical (unpaired) electrons. The van der Waals surface area contributed by atoms with Crippen molar-refractivity contribution in [3.63, 3.8) is 0 Å². The minimum Gasteiger partial charge on any atom is -0.396 e. The number of nitrogens with zero attached hydrogens (tertiary/aromatic N) is 2. The van der Waals surface area contributed by atoms with Crippen LogP contribution in [0.5, 0.6) is 0 Å². The number of aromatic nitrogens is 2. The maximum atomic E-state index is 14.4. The number of nitrogen functional groups attached to an aromatic ring is 2. The molecule has 0 aliphatic carbocycles. The zero-order chi connectivity index (χ0) is 59.6. The number of nitrogens with two attached hydrogens (primary N) is 2. The van der Waals surface area contributed by atoms with Gasteiger partial charge in [0.2, 0.25) is 39.1 Å². The number of aldehydes is 1. The molecule has 0 saturated heterocycles. The second kappa shape index (κ2) is 34.3. The molecule has 0 spiro atoms. The van der Waals surface area contributed by atoms with Gasteiger partial charge >= 0.3 is 0 Å². The fourth-order valence-corrected chi connectivity index (χ4v) is 9.74. The highest BCUT2D eigenvalue weighted by atomic mass is 35.7. The number of rotatable bonds is 18. The summed E-state index contributed by atoms with van der Waals surface area (Å²) in [5.41, 5.74) is 8.17. The summed E-state index contributed by atoms with van der Waals surface area (Å²) in [5.74, 6) is -5.24. The van der Waals surface area contributed by atoms with Crippen molar-refractivity contribution in [2.24, 2.45) is 0 Å². The van der Waals surface area contributed by atoms with Crippen molar-refractivity contribution < 1.29 is 82.6 Å². The van der Waals surface area contributed by atoms with Crippen molar-refractivity contribution in [1.82, 2.24) is 10.3 Å². The molecule has 0 amide bonds. The van der Waals surface area contributed by atoms with E-state index in [0.29, 0.717) is 49.1 Å². The van der Waals surface area contributed by atoms with Crippen LogP contribution in [-0.2, 0) is 45.7 Å². The number of benzene rings is 4. The van der Waals surface area contributed by atoms with Crippen molar-refractivity contribution >= 4 is 90.5 Å². The molecule has 32 heteroatoms. The minimum atomic E-state index is -3.67. The number of aryl methyl sites for hydroxylation is 2. The van der Waals surface area contributed by atoms with Crippen LogP contribution in [0, 0.1) is 60.4 Å². The van der Waals surface area contributed by atoms with Gasteiger partial charge in [-0.15, -0.1) is 0 Å². The second-order valence-corrected chi connectivity index (χ2v) is 24.1. The molecule has 0 bridgehead atoms. The lowest BCUT2D eigenvalue weighted by Crippen LogP contribution is -2.18. The van der Waals surface area contributed by atoms with Crippen LogP contribution in [0.2, 0.25) is 0 Å². The SMILES string of the molecule is C.CCCS(=O)(=O)Cl.CCCS(=O)(=O)Nc1ccc(F)c(C=O)c1F.CCCS(=O)(=O)Nc1ccc(F)c(CNc2cc(C)on2)c1F.CCCS(=O)(=O)Nc1ccc(F)cc1F.Cc1cc(N)no1.Nc1ccc(F)cc1F. The first-order chi connectivity index (χ1) is 36.2. The Balaban J connectivity index is 0.000000972. The third kappa shape index (κ3) is 28.7. The van der Waals surface area contributed by atoms with Gasteiger partial charge in [-0.05, 0) is 88.1 Å². The molecule has 2 aromatic heterocycles. The Morgan fingerprint density at radius 3 is 1.34 bits per heavy atom. The lowest BCUT2D eigenvalue weighted by atomic mass is 10.1. The molecule has 0 aliphatic rings. The topological polar surface area (TPSA) is 306 Å². The molecule has 79 heavy (non-hydrogen) atoms. The summed E-state index contributed by atoms with van der Waals surface area (Å²) in [6.45, 7) is 10.1. The van der Waals surface area contributed by atoms with E-state index in [1.165, 1.54) is 6.07 Å². The van der Waals surface area contributed by atoms with Gasteiger partial charge in [-0.3, -0.25) is 19.0 Å². The molecule has 0 aliphatic heterocycles. The van der Waals surface area contributed by atoms with Gasteiger partial charge in [-0.2, -0.15) is 0 Å². The standard InChI is InChI=1S/C14H17F2N3O3S.C10H11F2NO3S.C9H11F2NO2S.C6H5F2N.C4H6N2O.C3H7ClO2S.CH4/c1-3-6-23(20,21)19-12-5-4-11(15)10(14(12)16)8-17-13-7-9(2)22-18-13;1-2-5-17(15,16)13-9-4-3-8(11)7(6-14)10(9)12;1-2-5-15(13,14)12-9-4-3-7(10)6-8(9)11;7-4-1-2-6(9)5(8)3-4;1-3-2-4(5)6-7-3;1-2-3-7(4,5)6;/h4-5,7,19H,3,6,8H2,1-2H3,(H,17,18);3-4,6,13H,2,5H2,1H3;3-4,6,12H,2,5H2,1H3;1-3H,9H2;2H,1H3,(H2,5,6);2-3H2,1H3;1H4. The van der Waals surface area contributed by atoms with E-state index in [2.05, 4.69) is 24.9 Å². The minimum absolute atomic E-state index is 0. The summed E-state index contributed by atoms with van der Waals surface area (Å²) >= 11 is 0. The van der Waals surface area contributed by atoms with Crippen LogP contribution in [0.3, 0.4) is 0 Å². The third-order valence-electron chi connectivity index (χ3n) is 8.71. The Kier molecular flexibility index (Phi) is 31.4. The van der Waals surface area contributed by atoms with Gasteiger partial charge in [0, 0.05) is 47.1 Å². The zero-order valence-corrected chi connectivity index (χ0v) is 46.5. The van der Waals surface area contributed by atoms with E-state index in [1.54, 1.807) is 53.7 Å². The maximum absolute atomic E-state index is 14.4. The number of hydrogen-bond acceptors (Lipinski definition) is 16. The van der Waals surface area contributed by atoms with Gasteiger partial charge in [0.15, 0.2) is 29.6 Å². The number of nitrogens with one attached hydrogen (secondary N) is 4. The summed E-state index contributed by atoms with van der Waals surface area (Å²) in [6.07, 6.45) is 1.77. The molecule has 0 fully saturated rings. The molecule has 2 heterocycles. The number of carbonyl (C=O) groups is 1. The van der Waals surface area contributed by atoms with Crippen LogP contribution in [0.25, 0.3) is 0 Å². The Morgan fingerprint density at radius 2 is 0.975 bits per heavy atom. The number of sulfonamides is 3. The average molecular weight is 1230 g/mol. The number of halogens is 9. The first kappa shape index (κ1) is 72.3. The highest BCUT2D eigenvalue weighted by Gasteiger charge is 2.20. The molecule has 442 valence electrons. The predicted octanol–water partition coefficient (Wildman–Crippen LogP) is 10.8. The number of carbonyl (C=O) groups excluding carboxylic acids is 1. The van der Waals surface area contributed by atoms with Crippen LogP contribution in [0.1, 0.15) is 88.2 Å². The molecular formula is C47H61ClF8N8O11S4. The summed E-state index contributed by atoms with van der Waals surface area (Å²) < 4.78 is 209. The van der Waals surface area contributed by atoms with Crippen molar-refractivity contribution in [2.45, 2.75) is 81.2 Å².